The van der Waals surface area contributed by atoms with Crippen molar-refractivity contribution in [3.05, 3.63) is 62.1 Å². The molecule has 0 aliphatic carbocycles. The van der Waals surface area contributed by atoms with Gasteiger partial charge in [-0.15, -0.1) is 0 Å². The van der Waals surface area contributed by atoms with Gasteiger partial charge in [0.15, 0.2) is 0 Å². The molecule has 2 rings (SSSR count). The van der Waals surface area contributed by atoms with Gasteiger partial charge >= 0.3 is 0 Å². The van der Waals surface area contributed by atoms with Crippen molar-refractivity contribution < 1.29 is 19.2 Å². The van der Waals surface area contributed by atoms with E-state index in [1.807, 2.05) is 0 Å². The standard InChI is InChI=1S/C13H11FN2O4S/c14-11-5-9(16(19)20)1-2-10(11)13(18)15-6-12(17)8-3-4-21-7-8/h1-5,7,12,17H,6H2,(H,15,18). The fourth-order valence-electron chi connectivity index (χ4n) is 1.67. The van der Waals surface area contributed by atoms with Gasteiger partial charge in [0.05, 0.1) is 22.7 Å². The number of thiophene rings is 1. The molecule has 6 nitrogen and oxygen atoms in total. The number of carbonyl (C=O) groups is 1. The van der Waals surface area contributed by atoms with Crippen molar-refractivity contribution >= 4 is 22.9 Å². The number of nitro groups is 1. The van der Waals surface area contributed by atoms with Gasteiger partial charge in [-0.1, -0.05) is 0 Å². The molecule has 0 aliphatic rings. The number of benzene rings is 1. The number of carbonyl (C=O) groups excluding carboxylic acids is 1. The lowest BCUT2D eigenvalue weighted by molar-refractivity contribution is -0.385. The summed E-state index contributed by atoms with van der Waals surface area (Å²) in [5, 5.41) is 26.2. The van der Waals surface area contributed by atoms with E-state index < -0.39 is 28.4 Å². The molecule has 21 heavy (non-hydrogen) atoms. The van der Waals surface area contributed by atoms with Crippen molar-refractivity contribution in [2.45, 2.75) is 6.10 Å². The van der Waals surface area contributed by atoms with Gasteiger partial charge in [-0.3, -0.25) is 14.9 Å². The number of nitrogens with zero attached hydrogens (tertiary/aromatic N) is 1. The first-order valence-corrected chi connectivity index (χ1v) is 6.85. The van der Waals surface area contributed by atoms with E-state index in [0.717, 1.165) is 12.1 Å². The van der Waals surface area contributed by atoms with Crippen LogP contribution in [0.15, 0.2) is 35.0 Å². The molecule has 2 N–H and O–H groups in total. The predicted molar refractivity (Wildman–Crippen MR) is 74.7 cm³/mol. The Morgan fingerprint density at radius 2 is 2.24 bits per heavy atom. The first-order valence-electron chi connectivity index (χ1n) is 5.91. The van der Waals surface area contributed by atoms with Crippen molar-refractivity contribution in [3.63, 3.8) is 0 Å². The van der Waals surface area contributed by atoms with Crippen LogP contribution in [0.25, 0.3) is 0 Å². The average molecular weight is 310 g/mol. The first-order chi connectivity index (χ1) is 9.99. The van der Waals surface area contributed by atoms with Crippen LogP contribution in [-0.2, 0) is 0 Å². The van der Waals surface area contributed by atoms with E-state index in [1.165, 1.54) is 11.3 Å². The Morgan fingerprint density at radius 3 is 2.81 bits per heavy atom. The molecule has 1 aromatic carbocycles. The van der Waals surface area contributed by atoms with Crippen molar-refractivity contribution in [1.29, 1.82) is 0 Å². The minimum atomic E-state index is -0.980. The lowest BCUT2D eigenvalue weighted by Gasteiger charge is -2.10. The smallest absolute Gasteiger partial charge is 0.272 e. The summed E-state index contributed by atoms with van der Waals surface area (Å²) in [6.07, 6.45) is -0.888. The van der Waals surface area contributed by atoms with E-state index in [9.17, 15) is 24.4 Å². The number of non-ortho nitro benzene ring substituents is 1. The molecule has 2 aromatic rings. The number of hydrogen-bond donors (Lipinski definition) is 2. The van der Waals surface area contributed by atoms with Gasteiger partial charge in [0.2, 0.25) is 0 Å². The number of aliphatic hydroxyl groups is 1. The molecule has 1 atom stereocenters. The van der Waals surface area contributed by atoms with Gasteiger partial charge in [-0.05, 0) is 28.5 Å². The van der Waals surface area contributed by atoms with Gasteiger partial charge in [-0.2, -0.15) is 11.3 Å². The second-order valence-electron chi connectivity index (χ2n) is 4.20. The Kier molecular flexibility index (Phi) is 4.61. The molecule has 8 heteroatoms. The zero-order chi connectivity index (χ0) is 15.4. The highest BCUT2D eigenvalue weighted by Crippen LogP contribution is 2.18. The molecule has 0 aliphatic heterocycles. The largest absolute Gasteiger partial charge is 0.387 e. The van der Waals surface area contributed by atoms with Crippen LogP contribution in [0.1, 0.15) is 22.0 Å². The Morgan fingerprint density at radius 1 is 1.48 bits per heavy atom. The van der Waals surface area contributed by atoms with Gasteiger partial charge in [0.25, 0.3) is 11.6 Å². The van der Waals surface area contributed by atoms with Crippen LogP contribution in [0.5, 0.6) is 0 Å². The fourth-order valence-corrected chi connectivity index (χ4v) is 2.38. The summed E-state index contributed by atoms with van der Waals surface area (Å²) in [7, 11) is 0. The van der Waals surface area contributed by atoms with Crippen molar-refractivity contribution in [2.24, 2.45) is 0 Å². The van der Waals surface area contributed by atoms with Gasteiger partial charge in [0.1, 0.15) is 5.82 Å². The second kappa shape index (κ2) is 6.42. The third-order valence-electron chi connectivity index (χ3n) is 2.79. The Labute approximate surface area is 123 Å². The molecule has 0 radical (unpaired) electrons. The quantitative estimate of drug-likeness (QED) is 0.654. The molecule has 0 fully saturated rings. The monoisotopic (exact) mass is 310 g/mol. The molecule has 0 spiro atoms. The summed E-state index contributed by atoms with van der Waals surface area (Å²) in [5.74, 6) is -1.72. The Bertz CT molecular complexity index is 660. The summed E-state index contributed by atoms with van der Waals surface area (Å²) < 4.78 is 13.6. The minimum Gasteiger partial charge on any atom is -0.387 e. The molecule has 1 amide bonds. The molecule has 0 saturated carbocycles. The highest BCUT2D eigenvalue weighted by atomic mass is 32.1. The molecular weight excluding hydrogens is 299 g/mol. The number of rotatable bonds is 5. The van der Waals surface area contributed by atoms with Crippen LogP contribution in [0.4, 0.5) is 10.1 Å². The summed E-state index contributed by atoms with van der Waals surface area (Å²) in [6, 6.07) is 4.49. The molecule has 110 valence electrons. The van der Waals surface area contributed by atoms with E-state index >= 15 is 0 Å². The summed E-state index contributed by atoms with van der Waals surface area (Å²) in [6.45, 7) is -0.0774. The molecule has 0 saturated heterocycles. The lowest BCUT2D eigenvalue weighted by atomic mass is 10.1. The molecular formula is C13H11FN2O4S. The topological polar surface area (TPSA) is 92.5 Å². The van der Waals surface area contributed by atoms with E-state index in [0.29, 0.717) is 11.6 Å². The van der Waals surface area contributed by atoms with Crippen molar-refractivity contribution in [3.8, 4) is 0 Å². The second-order valence-corrected chi connectivity index (χ2v) is 4.98. The van der Waals surface area contributed by atoms with Crippen LogP contribution in [0.3, 0.4) is 0 Å². The summed E-state index contributed by atoms with van der Waals surface area (Å²) in [5.41, 5.74) is -0.0788. The predicted octanol–water partition coefficient (Wildman–Crippen LogP) is 2.26. The van der Waals surface area contributed by atoms with Crippen LogP contribution >= 0.6 is 11.3 Å². The average Bonchev–Trinajstić information content (AvgIpc) is 2.98. The Hall–Kier alpha value is -2.32. The van der Waals surface area contributed by atoms with Crippen molar-refractivity contribution in [1.82, 2.24) is 5.32 Å². The van der Waals surface area contributed by atoms with Gasteiger partial charge in [-0.25, -0.2) is 4.39 Å². The molecule has 0 bridgehead atoms. The number of halogens is 1. The number of nitrogens with one attached hydrogen (secondary N) is 1. The first kappa shape index (κ1) is 15.1. The van der Waals surface area contributed by atoms with Gasteiger partial charge in [0, 0.05) is 12.6 Å². The maximum Gasteiger partial charge on any atom is 0.272 e. The number of amides is 1. The van der Waals surface area contributed by atoms with Crippen LogP contribution in [0, 0.1) is 15.9 Å². The zero-order valence-electron chi connectivity index (χ0n) is 10.7. The Balaban J connectivity index is 2.02. The maximum atomic E-state index is 13.6. The van der Waals surface area contributed by atoms with E-state index in [4.69, 9.17) is 0 Å². The fraction of sp³-hybridized carbons (Fsp3) is 0.154. The third kappa shape index (κ3) is 3.61. The zero-order valence-corrected chi connectivity index (χ0v) is 11.5. The number of hydrogen-bond acceptors (Lipinski definition) is 5. The number of nitro benzene ring substituents is 1. The van der Waals surface area contributed by atoms with Gasteiger partial charge < -0.3 is 10.4 Å². The highest BCUT2D eigenvalue weighted by molar-refractivity contribution is 7.07. The molecule has 1 unspecified atom stereocenters. The van der Waals surface area contributed by atoms with Crippen LogP contribution < -0.4 is 5.32 Å². The highest BCUT2D eigenvalue weighted by Gasteiger charge is 2.17. The van der Waals surface area contributed by atoms with E-state index in [-0.39, 0.29) is 12.1 Å². The lowest BCUT2D eigenvalue weighted by Crippen LogP contribution is -2.28. The third-order valence-corrected chi connectivity index (χ3v) is 3.49. The van der Waals surface area contributed by atoms with Crippen LogP contribution in [0.2, 0.25) is 0 Å². The van der Waals surface area contributed by atoms with E-state index in [1.54, 1.807) is 16.8 Å². The minimum absolute atomic E-state index is 0.0774. The molecule has 1 heterocycles. The maximum absolute atomic E-state index is 13.6. The summed E-state index contributed by atoms with van der Waals surface area (Å²) in [4.78, 5) is 21.5. The van der Waals surface area contributed by atoms with Crippen molar-refractivity contribution in [2.75, 3.05) is 6.54 Å². The SMILES string of the molecule is O=C(NCC(O)c1ccsc1)c1ccc([N+](=O)[O-])cc1F. The molecule has 1 aromatic heterocycles. The summed E-state index contributed by atoms with van der Waals surface area (Å²) >= 11 is 1.41. The number of aliphatic hydroxyl groups excluding tert-OH is 1. The van der Waals surface area contributed by atoms with Crippen LogP contribution in [-0.4, -0.2) is 22.5 Å². The van der Waals surface area contributed by atoms with E-state index in [2.05, 4.69) is 5.32 Å². The normalized spacial score (nSPS) is 11.9.